The Hall–Kier alpha value is -1.61. The molecule has 0 saturated carbocycles. The number of Topliss-reactive ketones (excluding diaryl/α,β-unsaturated/α-hetero) is 1. The van der Waals surface area contributed by atoms with Crippen LogP contribution in [-0.2, 0) is 12.5 Å². The van der Waals surface area contributed by atoms with E-state index in [9.17, 15) is 4.79 Å². The molecule has 0 bridgehead atoms. The number of ketones is 1. The largest absolute Gasteiger partial charge is 0.350 e. The Labute approximate surface area is 114 Å². The number of nitrogens with zero attached hydrogens (tertiary/aromatic N) is 1. The van der Waals surface area contributed by atoms with Gasteiger partial charge in [0.15, 0.2) is 5.78 Å². The van der Waals surface area contributed by atoms with Crippen molar-refractivity contribution in [1.29, 1.82) is 0 Å². The number of hydrogen-bond donors (Lipinski definition) is 1. The number of carbonyl (C=O) groups is 1. The van der Waals surface area contributed by atoms with Crippen LogP contribution < -0.4 is 5.32 Å². The molecule has 1 aromatic heterocycles. The Kier molecular flexibility index (Phi) is 3.50. The molecule has 1 aromatic carbocycles. The summed E-state index contributed by atoms with van der Waals surface area (Å²) in [5.74, 6) is 0.138. The Balaban J connectivity index is 2.62. The molecule has 0 aliphatic carbocycles. The Morgan fingerprint density at radius 1 is 1.32 bits per heavy atom. The highest BCUT2D eigenvalue weighted by Gasteiger charge is 2.18. The molecule has 0 fully saturated rings. The number of rotatable bonds is 3. The molecule has 0 saturated heterocycles. The first-order valence-corrected chi connectivity index (χ1v) is 6.62. The normalized spacial score (nSPS) is 12.1. The van der Waals surface area contributed by atoms with Crippen LogP contribution in [0.4, 0.5) is 0 Å². The van der Waals surface area contributed by atoms with Gasteiger partial charge in [0.05, 0.1) is 6.54 Å². The zero-order valence-electron chi connectivity index (χ0n) is 12.4. The maximum atomic E-state index is 12.2. The van der Waals surface area contributed by atoms with Crippen molar-refractivity contribution >= 4 is 16.7 Å². The van der Waals surface area contributed by atoms with Gasteiger partial charge in [0.2, 0.25) is 0 Å². The third kappa shape index (κ3) is 2.56. The third-order valence-electron chi connectivity index (χ3n) is 3.49. The minimum atomic E-state index is 0.0906. The topological polar surface area (TPSA) is 34.0 Å². The van der Waals surface area contributed by atoms with Gasteiger partial charge in [0.1, 0.15) is 0 Å². The minimum Gasteiger partial charge on any atom is -0.350 e. The summed E-state index contributed by atoms with van der Waals surface area (Å²) < 4.78 is 2.02. The van der Waals surface area contributed by atoms with E-state index in [-0.39, 0.29) is 11.2 Å². The molecular formula is C16H22N2O. The number of nitrogens with one attached hydrogen (secondary N) is 1. The van der Waals surface area contributed by atoms with E-state index in [0.29, 0.717) is 6.54 Å². The Morgan fingerprint density at radius 2 is 2.00 bits per heavy atom. The molecule has 0 atom stereocenters. The molecule has 0 aliphatic rings. The lowest BCUT2D eigenvalue weighted by molar-refractivity contribution is 0.0995. The van der Waals surface area contributed by atoms with Crippen LogP contribution in [0.2, 0.25) is 0 Å². The van der Waals surface area contributed by atoms with Crippen molar-refractivity contribution in [1.82, 2.24) is 9.88 Å². The molecule has 1 N–H and O–H groups in total. The van der Waals surface area contributed by atoms with Gasteiger partial charge in [0.25, 0.3) is 0 Å². The van der Waals surface area contributed by atoms with E-state index in [4.69, 9.17) is 0 Å². The Bertz CT molecular complexity index is 617. The molecule has 102 valence electrons. The van der Waals surface area contributed by atoms with E-state index in [1.165, 1.54) is 5.56 Å². The van der Waals surface area contributed by atoms with Crippen LogP contribution in [0.1, 0.15) is 36.7 Å². The summed E-state index contributed by atoms with van der Waals surface area (Å²) in [7, 11) is 3.78. The van der Waals surface area contributed by atoms with Crippen molar-refractivity contribution in [3.63, 3.8) is 0 Å². The van der Waals surface area contributed by atoms with Gasteiger partial charge < -0.3 is 9.88 Å². The second kappa shape index (κ2) is 4.82. The van der Waals surface area contributed by atoms with Gasteiger partial charge in [-0.3, -0.25) is 4.79 Å². The van der Waals surface area contributed by atoms with E-state index < -0.39 is 0 Å². The summed E-state index contributed by atoms with van der Waals surface area (Å²) in [4.78, 5) is 12.2. The fourth-order valence-electron chi connectivity index (χ4n) is 2.34. The van der Waals surface area contributed by atoms with Gasteiger partial charge in [0, 0.05) is 29.7 Å². The lowest BCUT2D eigenvalue weighted by atomic mass is 9.86. The highest BCUT2D eigenvalue weighted by molar-refractivity contribution is 6.09. The van der Waals surface area contributed by atoms with Crippen molar-refractivity contribution in [3.05, 3.63) is 35.5 Å². The SMILES string of the molecule is CNCC(=O)c1cn(C)c2ccc(C(C)(C)C)cc12. The summed E-state index contributed by atoms with van der Waals surface area (Å²) in [5, 5.41) is 3.98. The van der Waals surface area contributed by atoms with Crippen LogP contribution in [0, 0.1) is 0 Å². The Morgan fingerprint density at radius 3 is 2.58 bits per heavy atom. The highest BCUT2D eigenvalue weighted by Crippen LogP contribution is 2.28. The molecule has 2 aromatic rings. The second-order valence-electron chi connectivity index (χ2n) is 6.09. The van der Waals surface area contributed by atoms with E-state index in [1.807, 2.05) is 17.8 Å². The fourth-order valence-corrected chi connectivity index (χ4v) is 2.34. The summed E-state index contributed by atoms with van der Waals surface area (Å²) in [6.07, 6.45) is 1.93. The third-order valence-corrected chi connectivity index (χ3v) is 3.49. The molecule has 0 aliphatic heterocycles. The standard InChI is InChI=1S/C16H22N2O/c1-16(2,3)11-6-7-14-12(8-11)13(10-18(14)5)15(19)9-17-4/h6-8,10,17H,9H2,1-5H3. The molecule has 3 nitrogen and oxygen atoms in total. The van der Waals surface area contributed by atoms with Crippen molar-refractivity contribution < 1.29 is 4.79 Å². The number of benzene rings is 1. The summed E-state index contributed by atoms with van der Waals surface area (Å²) in [6, 6.07) is 6.40. The lowest BCUT2D eigenvalue weighted by Crippen LogP contribution is -2.18. The zero-order chi connectivity index (χ0) is 14.2. The van der Waals surface area contributed by atoms with Crippen LogP contribution in [0.25, 0.3) is 10.9 Å². The number of likely N-dealkylation sites (N-methyl/N-ethyl adjacent to an activating group) is 1. The molecule has 0 amide bonds. The van der Waals surface area contributed by atoms with Gasteiger partial charge in [-0.1, -0.05) is 26.8 Å². The average molecular weight is 258 g/mol. The molecule has 2 rings (SSSR count). The van der Waals surface area contributed by atoms with Crippen molar-refractivity contribution in [3.8, 4) is 0 Å². The van der Waals surface area contributed by atoms with Crippen molar-refractivity contribution in [2.45, 2.75) is 26.2 Å². The molecule has 3 heteroatoms. The fraction of sp³-hybridized carbons (Fsp3) is 0.438. The van der Waals surface area contributed by atoms with E-state index in [0.717, 1.165) is 16.5 Å². The zero-order valence-corrected chi connectivity index (χ0v) is 12.4. The maximum Gasteiger partial charge on any atom is 0.178 e. The average Bonchev–Trinajstić information content (AvgIpc) is 2.66. The van der Waals surface area contributed by atoms with Gasteiger partial charge in [-0.25, -0.2) is 0 Å². The molecule has 1 heterocycles. The quantitative estimate of drug-likeness (QED) is 0.859. The van der Waals surface area contributed by atoms with Crippen LogP contribution >= 0.6 is 0 Å². The summed E-state index contributed by atoms with van der Waals surface area (Å²) >= 11 is 0. The van der Waals surface area contributed by atoms with Gasteiger partial charge in [-0.05, 0) is 30.2 Å². The van der Waals surface area contributed by atoms with Crippen LogP contribution in [0.3, 0.4) is 0 Å². The summed E-state index contributed by atoms with van der Waals surface area (Å²) in [5.41, 5.74) is 3.25. The smallest absolute Gasteiger partial charge is 0.178 e. The van der Waals surface area contributed by atoms with Gasteiger partial charge >= 0.3 is 0 Å². The van der Waals surface area contributed by atoms with Gasteiger partial charge in [-0.2, -0.15) is 0 Å². The number of fused-ring (bicyclic) bond motifs is 1. The lowest BCUT2D eigenvalue weighted by Gasteiger charge is -2.19. The highest BCUT2D eigenvalue weighted by atomic mass is 16.1. The maximum absolute atomic E-state index is 12.2. The van der Waals surface area contributed by atoms with Crippen LogP contribution in [0.15, 0.2) is 24.4 Å². The second-order valence-corrected chi connectivity index (χ2v) is 6.09. The first-order chi connectivity index (χ1) is 8.84. The molecule has 0 unspecified atom stereocenters. The molecule has 0 spiro atoms. The predicted octanol–water partition coefficient (Wildman–Crippen LogP) is 2.88. The minimum absolute atomic E-state index is 0.0906. The predicted molar refractivity (Wildman–Crippen MR) is 79.9 cm³/mol. The molecule has 19 heavy (non-hydrogen) atoms. The van der Waals surface area contributed by atoms with Crippen LogP contribution in [0.5, 0.6) is 0 Å². The van der Waals surface area contributed by atoms with Crippen molar-refractivity contribution in [2.75, 3.05) is 13.6 Å². The van der Waals surface area contributed by atoms with Crippen LogP contribution in [-0.4, -0.2) is 23.9 Å². The summed E-state index contributed by atoms with van der Waals surface area (Å²) in [6.45, 7) is 6.93. The monoisotopic (exact) mass is 258 g/mol. The number of aryl methyl sites for hydroxylation is 1. The van der Waals surface area contributed by atoms with Gasteiger partial charge in [-0.15, -0.1) is 0 Å². The number of carbonyl (C=O) groups excluding carboxylic acids is 1. The number of hydrogen-bond acceptors (Lipinski definition) is 2. The van der Waals surface area contributed by atoms with E-state index in [2.05, 4.69) is 44.3 Å². The molecular weight excluding hydrogens is 236 g/mol. The van der Waals surface area contributed by atoms with Crippen molar-refractivity contribution in [2.24, 2.45) is 7.05 Å². The van der Waals surface area contributed by atoms with E-state index >= 15 is 0 Å². The number of aromatic nitrogens is 1. The molecule has 0 radical (unpaired) electrons. The van der Waals surface area contributed by atoms with E-state index in [1.54, 1.807) is 7.05 Å². The first kappa shape index (κ1) is 13.8. The first-order valence-electron chi connectivity index (χ1n) is 6.62.